The molecule has 1 aliphatic heterocycles. The predicted octanol–water partition coefficient (Wildman–Crippen LogP) is 13.5. The summed E-state index contributed by atoms with van der Waals surface area (Å²) < 4.78 is 22.9. The monoisotopic (exact) mass is 897 g/mol. The van der Waals surface area contributed by atoms with Crippen molar-refractivity contribution in [2.45, 2.75) is 301 Å². The minimum Gasteiger partial charge on any atom is -0.457 e. The SMILES string of the molecule is CCCCCCCC/C=C\CCCCCCCCCCCC(=O)OC(COCCCCCCCCCCCCCCCCCCCCCCC)COC1OC(CO)C(O)C(O)C1O. The Hall–Kier alpha value is -1.07. The molecule has 0 amide bonds. The van der Waals surface area contributed by atoms with Crippen LogP contribution in [0.2, 0.25) is 0 Å². The molecule has 0 spiro atoms. The van der Waals surface area contributed by atoms with Crippen molar-refractivity contribution in [2.24, 2.45) is 0 Å². The maximum Gasteiger partial charge on any atom is 0.306 e. The van der Waals surface area contributed by atoms with Gasteiger partial charge in [-0.1, -0.05) is 231 Å². The molecular weight excluding hydrogens is 793 g/mol. The Kier molecular flexibility index (Phi) is 43.8. The fourth-order valence-corrected chi connectivity index (χ4v) is 8.67. The van der Waals surface area contributed by atoms with Crippen LogP contribution in [0.3, 0.4) is 0 Å². The van der Waals surface area contributed by atoms with Gasteiger partial charge in [-0.2, -0.15) is 0 Å². The summed E-state index contributed by atoms with van der Waals surface area (Å²) in [6.45, 7) is 4.62. The van der Waals surface area contributed by atoms with Crippen molar-refractivity contribution in [3.8, 4) is 0 Å². The van der Waals surface area contributed by atoms with Crippen molar-refractivity contribution in [3.05, 3.63) is 12.2 Å². The molecule has 9 nitrogen and oxygen atoms in total. The van der Waals surface area contributed by atoms with Crippen LogP contribution in [0.5, 0.6) is 0 Å². The van der Waals surface area contributed by atoms with Gasteiger partial charge < -0.3 is 39.4 Å². The molecule has 1 rings (SSSR count). The standard InChI is InChI=1S/C54H104O9/c1-3-5-7-9-11-13-15-17-19-21-23-24-26-28-30-32-34-36-38-40-42-44-60-46-48(47-61-54-53(59)52(58)51(57)49(45-55)63-54)62-50(56)43-41-39-37-35-33-31-29-27-25-22-20-18-16-14-12-10-8-6-4-2/h18,20,48-49,51-55,57-59H,3-17,19,21-47H2,1-2H3/b20-18-. The Balaban J connectivity index is 2.16. The molecule has 4 N–H and O–H groups in total. The minimum atomic E-state index is -1.53. The number of hydrogen-bond acceptors (Lipinski definition) is 9. The summed E-state index contributed by atoms with van der Waals surface area (Å²) in [7, 11) is 0. The number of carbonyl (C=O) groups excluding carboxylic acids is 1. The van der Waals surface area contributed by atoms with E-state index in [0.717, 1.165) is 32.1 Å². The third-order valence-corrected chi connectivity index (χ3v) is 12.9. The second-order valence-corrected chi connectivity index (χ2v) is 19.0. The summed E-state index contributed by atoms with van der Waals surface area (Å²) in [6.07, 6.45) is 46.8. The van der Waals surface area contributed by atoms with Gasteiger partial charge >= 0.3 is 5.97 Å². The lowest BCUT2D eigenvalue weighted by Crippen LogP contribution is -2.59. The Morgan fingerprint density at radius 3 is 1.29 bits per heavy atom. The van der Waals surface area contributed by atoms with E-state index in [1.165, 1.54) is 212 Å². The van der Waals surface area contributed by atoms with Crippen LogP contribution in [0.15, 0.2) is 12.2 Å². The highest BCUT2D eigenvalue weighted by atomic mass is 16.7. The maximum atomic E-state index is 12.9. The topological polar surface area (TPSA) is 135 Å². The maximum absolute atomic E-state index is 12.9. The number of allylic oxidation sites excluding steroid dienone is 2. The van der Waals surface area contributed by atoms with E-state index in [4.69, 9.17) is 18.9 Å². The number of aliphatic hydroxyl groups excluding tert-OH is 4. The van der Waals surface area contributed by atoms with Crippen LogP contribution in [-0.2, 0) is 23.7 Å². The second-order valence-electron chi connectivity index (χ2n) is 19.0. The molecule has 374 valence electrons. The van der Waals surface area contributed by atoms with Crippen LogP contribution in [0.4, 0.5) is 0 Å². The van der Waals surface area contributed by atoms with Gasteiger partial charge in [-0.3, -0.25) is 4.79 Å². The molecule has 1 saturated heterocycles. The molecule has 1 fully saturated rings. The van der Waals surface area contributed by atoms with E-state index in [9.17, 15) is 25.2 Å². The fourth-order valence-electron chi connectivity index (χ4n) is 8.67. The first-order valence-corrected chi connectivity index (χ1v) is 27.3. The van der Waals surface area contributed by atoms with Gasteiger partial charge in [0.1, 0.15) is 30.5 Å². The van der Waals surface area contributed by atoms with E-state index in [1.54, 1.807) is 0 Å². The quantitative estimate of drug-likeness (QED) is 0.0267. The number of rotatable bonds is 48. The highest BCUT2D eigenvalue weighted by Crippen LogP contribution is 2.23. The van der Waals surface area contributed by atoms with Crippen molar-refractivity contribution in [1.29, 1.82) is 0 Å². The number of aliphatic hydroxyl groups is 4. The molecule has 0 aromatic carbocycles. The minimum absolute atomic E-state index is 0.108. The zero-order valence-electron chi connectivity index (χ0n) is 41.4. The van der Waals surface area contributed by atoms with Crippen molar-refractivity contribution < 1.29 is 44.2 Å². The average Bonchev–Trinajstić information content (AvgIpc) is 3.28. The van der Waals surface area contributed by atoms with Gasteiger partial charge in [0, 0.05) is 13.0 Å². The lowest BCUT2D eigenvalue weighted by molar-refractivity contribution is -0.305. The van der Waals surface area contributed by atoms with Gasteiger partial charge in [0.15, 0.2) is 6.29 Å². The largest absolute Gasteiger partial charge is 0.457 e. The molecule has 0 aromatic heterocycles. The van der Waals surface area contributed by atoms with Crippen LogP contribution in [0.25, 0.3) is 0 Å². The lowest BCUT2D eigenvalue weighted by atomic mass is 9.99. The van der Waals surface area contributed by atoms with Gasteiger partial charge in [-0.05, 0) is 38.5 Å². The highest BCUT2D eigenvalue weighted by Gasteiger charge is 2.44. The third kappa shape index (κ3) is 36.7. The normalized spacial score (nSPS) is 19.6. The molecule has 0 bridgehead atoms. The second kappa shape index (κ2) is 46.1. The van der Waals surface area contributed by atoms with Gasteiger partial charge in [0.25, 0.3) is 0 Å². The van der Waals surface area contributed by atoms with E-state index in [2.05, 4.69) is 26.0 Å². The Morgan fingerprint density at radius 1 is 0.492 bits per heavy atom. The predicted molar refractivity (Wildman–Crippen MR) is 261 cm³/mol. The van der Waals surface area contributed by atoms with Crippen molar-refractivity contribution in [3.63, 3.8) is 0 Å². The van der Waals surface area contributed by atoms with Crippen LogP contribution in [-0.4, -0.2) is 89.6 Å². The molecule has 0 aliphatic carbocycles. The fraction of sp³-hybridized carbons (Fsp3) is 0.944. The molecule has 9 heteroatoms. The zero-order valence-corrected chi connectivity index (χ0v) is 41.4. The first-order chi connectivity index (χ1) is 30.9. The first-order valence-electron chi connectivity index (χ1n) is 27.3. The molecule has 6 atom stereocenters. The van der Waals surface area contributed by atoms with Crippen LogP contribution in [0.1, 0.15) is 264 Å². The molecular formula is C54H104O9. The molecule has 0 saturated carbocycles. The Morgan fingerprint density at radius 2 is 0.873 bits per heavy atom. The summed E-state index contributed by atoms with van der Waals surface area (Å²) in [5, 5.41) is 40.3. The van der Waals surface area contributed by atoms with Crippen molar-refractivity contribution >= 4 is 5.97 Å². The summed E-state index contributed by atoms with van der Waals surface area (Å²) in [5.74, 6) is -0.309. The third-order valence-electron chi connectivity index (χ3n) is 12.9. The first kappa shape index (κ1) is 59.9. The van der Waals surface area contributed by atoms with E-state index in [1.807, 2.05) is 0 Å². The molecule has 0 radical (unpaired) electrons. The summed E-state index contributed by atoms with van der Waals surface area (Å²) in [6, 6.07) is 0. The average molecular weight is 897 g/mol. The van der Waals surface area contributed by atoms with Gasteiger partial charge in [0.05, 0.1) is 19.8 Å². The number of carbonyl (C=O) groups is 1. The Bertz CT molecular complexity index is 977. The van der Waals surface area contributed by atoms with E-state index in [0.29, 0.717) is 13.0 Å². The number of ether oxygens (including phenoxy) is 4. The van der Waals surface area contributed by atoms with Gasteiger partial charge in [-0.25, -0.2) is 0 Å². The summed E-state index contributed by atoms with van der Waals surface area (Å²) >= 11 is 0. The molecule has 6 unspecified atom stereocenters. The highest BCUT2D eigenvalue weighted by molar-refractivity contribution is 5.69. The number of esters is 1. The van der Waals surface area contributed by atoms with Crippen molar-refractivity contribution in [2.75, 3.05) is 26.4 Å². The lowest BCUT2D eigenvalue weighted by Gasteiger charge is -2.39. The Labute approximate surface area is 388 Å². The van der Waals surface area contributed by atoms with Gasteiger partial charge in [0.2, 0.25) is 0 Å². The van der Waals surface area contributed by atoms with Crippen molar-refractivity contribution in [1.82, 2.24) is 0 Å². The van der Waals surface area contributed by atoms with E-state index >= 15 is 0 Å². The molecule has 1 heterocycles. The number of unbranched alkanes of at least 4 members (excludes halogenated alkanes) is 35. The van der Waals surface area contributed by atoms with Crippen LogP contribution >= 0.6 is 0 Å². The summed E-state index contributed by atoms with van der Waals surface area (Å²) in [4.78, 5) is 12.9. The van der Waals surface area contributed by atoms with E-state index in [-0.39, 0.29) is 19.2 Å². The molecule has 63 heavy (non-hydrogen) atoms. The van der Waals surface area contributed by atoms with Crippen LogP contribution in [0, 0.1) is 0 Å². The smallest absolute Gasteiger partial charge is 0.306 e. The number of hydrogen-bond donors (Lipinski definition) is 4. The zero-order chi connectivity index (χ0) is 45.7. The molecule has 1 aliphatic rings. The van der Waals surface area contributed by atoms with E-state index < -0.39 is 43.4 Å². The van der Waals surface area contributed by atoms with Crippen LogP contribution < -0.4 is 0 Å². The van der Waals surface area contributed by atoms with Gasteiger partial charge in [-0.15, -0.1) is 0 Å². The summed E-state index contributed by atoms with van der Waals surface area (Å²) in [5.41, 5.74) is 0. The molecule has 0 aromatic rings.